The summed E-state index contributed by atoms with van der Waals surface area (Å²) in [7, 11) is 0. The quantitative estimate of drug-likeness (QED) is 0.757. The molecule has 2 aromatic carbocycles. The molecule has 1 N–H and O–H groups in total. The number of benzene rings is 2. The zero-order valence-corrected chi connectivity index (χ0v) is 12.3. The normalized spacial score (nSPS) is 10.8. The Kier molecular flexibility index (Phi) is 5.01. The molecule has 0 aliphatic carbocycles. The van der Waals surface area contributed by atoms with Gasteiger partial charge in [-0.05, 0) is 37.1 Å². The lowest BCUT2D eigenvalue weighted by molar-refractivity contribution is 0.252. The maximum atomic E-state index is 12.5. The van der Waals surface area contributed by atoms with Gasteiger partial charge in [0.2, 0.25) is 0 Å². The van der Waals surface area contributed by atoms with Crippen LogP contribution in [0, 0.1) is 13.8 Å². The molecule has 0 aliphatic rings. The first-order valence-electron chi connectivity index (χ1n) is 6.40. The Hall–Kier alpha value is -1.55. The first-order chi connectivity index (χ1) is 9.56. The maximum Gasteiger partial charge on any atom is 0.288 e. The smallest absolute Gasteiger partial charge is 0.288 e. The molecule has 2 rings (SSSR count). The van der Waals surface area contributed by atoms with Crippen LogP contribution in [0.15, 0.2) is 47.4 Å². The molecule has 0 bridgehead atoms. The lowest BCUT2D eigenvalue weighted by Crippen LogP contribution is -2.02. The summed E-state index contributed by atoms with van der Waals surface area (Å²) in [5.74, 6) is -2.40. The minimum Gasteiger partial charge on any atom is -0.380 e. The monoisotopic (exact) mass is 293 g/mol. The van der Waals surface area contributed by atoms with Crippen molar-refractivity contribution in [3.8, 4) is 0 Å². The van der Waals surface area contributed by atoms with Crippen molar-refractivity contribution in [3.05, 3.63) is 59.2 Å². The number of alkyl halides is 2. The molecule has 2 aromatic rings. The molecular weight excluding hydrogens is 276 g/mol. The standard InChI is InChI=1S/C16H17F2NS/c1-11-7-8-13(12(2)9-11)10-19-14-5-3-4-6-15(14)20-16(17)18/h3-9,16,19H,10H2,1-2H3. The number of rotatable bonds is 5. The fourth-order valence-electron chi connectivity index (χ4n) is 2.05. The number of anilines is 1. The van der Waals surface area contributed by atoms with E-state index >= 15 is 0 Å². The topological polar surface area (TPSA) is 12.0 Å². The lowest BCUT2D eigenvalue weighted by Gasteiger charge is -2.13. The Bertz CT molecular complexity index is 584. The summed E-state index contributed by atoms with van der Waals surface area (Å²) in [6.07, 6.45) is 0. The summed E-state index contributed by atoms with van der Waals surface area (Å²) >= 11 is 0.571. The average Bonchev–Trinajstić information content (AvgIpc) is 2.39. The van der Waals surface area contributed by atoms with E-state index in [2.05, 4.69) is 37.4 Å². The third-order valence-corrected chi connectivity index (χ3v) is 3.86. The van der Waals surface area contributed by atoms with Crippen molar-refractivity contribution in [2.45, 2.75) is 31.0 Å². The molecule has 0 saturated carbocycles. The second kappa shape index (κ2) is 6.75. The van der Waals surface area contributed by atoms with Gasteiger partial charge in [-0.15, -0.1) is 0 Å². The van der Waals surface area contributed by atoms with Crippen LogP contribution in [0.1, 0.15) is 16.7 Å². The van der Waals surface area contributed by atoms with Gasteiger partial charge in [0.05, 0.1) is 0 Å². The molecule has 0 atom stereocenters. The second-order valence-electron chi connectivity index (χ2n) is 4.66. The fourth-order valence-corrected chi connectivity index (χ4v) is 2.66. The third-order valence-electron chi connectivity index (χ3n) is 3.07. The van der Waals surface area contributed by atoms with Crippen LogP contribution in [0.5, 0.6) is 0 Å². The van der Waals surface area contributed by atoms with Crippen LogP contribution in [0.25, 0.3) is 0 Å². The van der Waals surface area contributed by atoms with Gasteiger partial charge in [0, 0.05) is 17.1 Å². The van der Waals surface area contributed by atoms with Crippen LogP contribution in [-0.4, -0.2) is 5.76 Å². The lowest BCUT2D eigenvalue weighted by atomic mass is 10.1. The summed E-state index contributed by atoms with van der Waals surface area (Å²) in [6, 6.07) is 13.4. The third kappa shape index (κ3) is 3.97. The van der Waals surface area contributed by atoms with Crippen molar-refractivity contribution in [2.24, 2.45) is 0 Å². The first-order valence-corrected chi connectivity index (χ1v) is 7.28. The molecule has 0 unspecified atom stereocenters. The van der Waals surface area contributed by atoms with E-state index in [1.807, 2.05) is 12.1 Å². The number of aryl methyl sites for hydroxylation is 2. The fraction of sp³-hybridized carbons (Fsp3) is 0.250. The predicted molar refractivity (Wildman–Crippen MR) is 81.5 cm³/mol. The minimum absolute atomic E-state index is 0.571. The zero-order chi connectivity index (χ0) is 14.5. The SMILES string of the molecule is Cc1ccc(CNc2ccccc2SC(F)F)c(C)c1. The van der Waals surface area contributed by atoms with Gasteiger partial charge in [-0.2, -0.15) is 8.78 Å². The van der Waals surface area contributed by atoms with E-state index in [0.717, 1.165) is 5.69 Å². The van der Waals surface area contributed by atoms with E-state index in [1.165, 1.54) is 16.7 Å². The second-order valence-corrected chi connectivity index (χ2v) is 5.69. The van der Waals surface area contributed by atoms with Gasteiger partial charge >= 0.3 is 0 Å². The molecular formula is C16H17F2NS. The molecule has 0 heterocycles. The molecule has 0 amide bonds. The summed E-state index contributed by atoms with van der Waals surface area (Å²) < 4.78 is 25.0. The highest BCUT2D eigenvalue weighted by atomic mass is 32.2. The number of hydrogen-bond acceptors (Lipinski definition) is 2. The van der Waals surface area contributed by atoms with E-state index in [4.69, 9.17) is 0 Å². The van der Waals surface area contributed by atoms with Crippen LogP contribution in [0.4, 0.5) is 14.5 Å². The Morgan fingerprint density at radius 3 is 2.55 bits per heavy atom. The van der Waals surface area contributed by atoms with E-state index in [0.29, 0.717) is 23.2 Å². The Labute approximate surface area is 122 Å². The van der Waals surface area contributed by atoms with Crippen molar-refractivity contribution in [2.75, 3.05) is 5.32 Å². The van der Waals surface area contributed by atoms with Gasteiger partial charge in [0.15, 0.2) is 0 Å². The highest BCUT2D eigenvalue weighted by Gasteiger charge is 2.09. The highest BCUT2D eigenvalue weighted by molar-refractivity contribution is 7.99. The number of para-hydroxylation sites is 1. The van der Waals surface area contributed by atoms with Gasteiger partial charge in [-0.1, -0.05) is 47.7 Å². The molecule has 0 aliphatic heterocycles. The molecule has 20 heavy (non-hydrogen) atoms. The molecule has 0 aromatic heterocycles. The Balaban J connectivity index is 2.10. The number of hydrogen-bond donors (Lipinski definition) is 1. The van der Waals surface area contributed by atoms with Crippen molar-refractivity contribution in [1.29, 1.82) is 0 Å². The molecule has 1 nitrogen and oxygen atoms in total. The van der Waals surface area contributed by atoms with Gasteiger partial charge in [-0.3, -0.25) is 0 Å². The molecule has 0 spiro atoms. The summed E-state index contributed by atoms with van der Waals surface area (Å²) in [4.78, 5) is 0.576. The summed E-state index contributed by atoms with van der Waals surface area (Å²) in [6.45, 7) is 4.75. The van der Waals surface area contributed by atoms with Crippen molar-refractivity contribution in [1.82, 2.24) is 0 Å². The molecule has 106 valence electrons. The molecule has 0 fully saturated rings. The van der Waals surface area contributed by atoms with E-state index in [9.17, 15) is 8.78 Å². The molecule has 0 saturated heterocycles. The van der Waals surface area contributed by atoms with Crippen LogP contribution >= 0.6 is 11.8 Å². The minimum atomic E-state index is -2.40. The Morgan fingerprint density at radius 2 is 1.85 bits per heavy atom. The number of thioether (sulfide) groups is 1. The van der Waals surface area contributed by atoms with E-state index < -0.39 is 5.76 Å². The van der Waals surface area contributed by atoms with Crippen LogP contribution in [0.3, 0.4) is 0 Å². The Morgan fingerprint density at radius 1 is 1.10 bits per heavy atom. The van der Waals surface area contributed by atoms with Gasteiger partial charge in [0.25, 0.3) is 5.76 Å². The summed E-state index contributed by atoms with van der Waals surface area (Å²) in [5.41, 5.74) is 4.35. The number of halogens is 2. The van der Waals surface area contributed by atoms with Crippen molar-refractivity contribution in [3.63, 3.8) is 0 Å². The molecule has 0 radical (unpaired) electrons. The van der Waals surface area contributed by atoms with Crippen molar-refractivity contribution >= 4 is 17.4 Å². The zero-order valence-electron chi connectivity index (χ0n) is 11.5. The van der Waals surface area contributed by atoms with Crippen molar-refractivity contribution < 1.29 is 8.78 Å². The van der Waals surface area contributed by atoms with Gasteiger partial charge < -0.3 is 5.32 Å². The summed E-state index contributed by atoms with van der Waals surface area (Å²) in [5, 5.41) is 3.24. The average molecular weight is 293 g/mol. The van der Waals surface area contributed by atoms with E-state index in [-0.39, 0.29) is 0 Å². The van der Waals surface area contributed by atoms with Crippen LogP contribution in [0.2, 0.25) is 0 Å². The first kappa shape index (κ1) is 14.9. The maximum absolute atomic E-state index is 12.5. The van der Waals surface area contributed by atoms with Crippen LogP contribution in [-0.2, 0) is 6.54 Å². The number of nitrogens with one attached hydrogen (secondary N) is 1. The van der Waals surface area contributed by atoms with Gasteiger partial charge in [0.1, 0.15) is 0 Å². The van der Waals surface area contributed by atoms with Crippen LogP contribution < -0.4 is 5.32 Å². The largest absolute Gasteiger partial charge is 0.380 e. The van der Waals surface area contributed by atoms with E-state index in [1.54, 1.807) is 12.1 Å². The predicted octanol–water partition coefficient (Wildman–Crippen LogP) is 5.23. The highest BCUT2D eigenvalue weighted by Crippen LogP contribution is 2.31. The molecule has 4 heteroatoms. The van der Waals surface area contributed by atoms with Gasteiger partial charge in [-0.25, -0.2) is 0 Å².